The first-order valence-corrected chi connectivity index (χ1v) is 6.52. The van der Waals surface area contributed by atoms with E-state index in [9.17, 15) is 9.59 Å². The highest BCUT2D eigenvalue weighted by molar-refractivity contribution is 5.89. The lowest BCUT2D eigenvalue weighted by atomic mass is 10.1. The van der Waals surface area contributed by atoms with Gasteiger partial charge in [0.05, 0.1) is 5.56 Å². The molecule has 1 aromatic carbocycles. The molecular weight excluding hydrogens is 256 g/mol. The van der Waals surface area contributed by atoms with E-state index in [1.54, 1.807) is 19.1 Å². The van der Waals surface area contributed by atoms with Gasteiger partial charge in [-0.1, -0.05) is 0 Å². The molecule has 5 nitrogen and oxygen atoms in total. The van der Waals surface area contributed by atoms with Gasteiger partial charge in [-0.25, -0.2) is 4.79 Å². The number of hydrogen-bond acceptors (Lipinski definition) is 3. The molecular formula is C15H22N2O3. The number of benzene rings is 1. The van der Waals surface area contributed by atoms with Gasteiger partial charge < -0.3 is 15.7 Å². The molecule has 1 aromatic rings. The molecule has 0 aliphatic heterocycles. The molecule has 1 amide bonds. The van der Waals surface area contributed by atoms with E-state index in [-0.39, 0.29) is 17.0 Å². The minimum Gasteiger partial charge on any atom is -0.478 e. The zero-order valence-electron chi connectivity index (χ0n) is 12.6. The Hall–Kier alpha value is -2.04. The van der Waals surface area contributed by atoms with Gasteiger partial charge in [0.2, 0.25) is 5.91 Å². The van der Waals surface area contributed by atoms with Crippen molar-refractivity contribution < 1.29 is 14.7 Å². The van der Waals surface area contributed by atoms with Crippen molar-refractivity contribution in [3.63, 3.8) is 0 Å². The summed E-state index contributed by atoms with van der Waals surface area (Å²) in [6.07, 6.45) is 0. The summed E-state index contributed by atoms with van der Waals surface area (Å²) < 4.78 is 0. The first-order chi connectivity index (χ1) is 9.10. The van der Waals surface area contributed by atoms with Crippen LogP contribution in [0.25, 0.3) is 0 Å². The molecule has 0 radical (unpaired) electrons. The predicted molar refractivity (Wildman–Crippen MR) is 79.1 cm³/mol. The molecule has 1 atom stereocenters. The number of aromatic carboxylic acids is 1. The van der Waals surface area contributed by atoms with E-state index in [0.29, 0.717) is 0 Å². The Labute approximate surface area is 119 Å². The third kappa shape index (κ3) is 4.57. The predicted octanol–water partition coefficient (Wildman–Crippen LogP) is 2.41. The molecule has 0 aliphatic rings. The Kier molecular flexibility index (Phi) is 4.76. The summed E-state index contributed by atoms with van der Waals surface area (Å²) in [5, 5.41) is 14.9. The molecule has 0 fully saturated rings. The minimum atomic E-state index is -0.960. The summed E-state index contributed by atoms with van der Waals surface area (Å²) in [7, 11) is 0. The van der Waals surface area contributed by atoms with Crippen LogP contribution < -0.4 is 10.6 Å². The van der Waals surface area contributed by atoms with Crippen molar-refractivity contribution in [3.05, 3.63) is 29.3 Å². The maximum atomic E-state index is 12.0. The van der Waals surface area contributed by atoms with Crippen LogP contribution in [0.2, 0.25) is 0 Å². The monoisotopic (exact) mass is 278 g/mol. The lowest BCUT2D eigenvalue weighted by molar-refractivity contribution is -0.122. The van der Waals surface area contributed by atoms with Crippen molar-refractivity contribution in [1.29, 1.82) is 0 Å². The number of carboxylic acids is 1. The van der Waals surface area contributed by atoms with Crippen molar-refractivity contribution >= 4 is 17.6 Å². The summed E-state index contributed by atoms with van der Waals surface area (Å²) in [5.41, 5.74) is 1.50. The van der Waals surface area contributed by atoms with Crippen LogP contribution in [-0.2, 0) is 4.79 Å². The average Bonchev–Trinajstić information content (AvgIpc) is 2.29. The molecule has 0 aromatic heterocycles. The second-order valence-electron chi connectivity index (χ2n) is 5.94. The molecule has 0 spiro atoms. The van der Waals surface area contributed by atoms with E-state index in [1.807, 2.05) is 27.7 Å². The van der Waals surface area contributed by atoms with E-state index in [0.717, 1.165) is 11.3 Å². The molecule has 0 heterocycles. The SMILES string of the molecule is Cc1cc(C(=O)O)ccc1NC(C)C(=O)NC(C)(C)C. The van der Waals surface area contributed by atoms with Crippen molar-refractivity contribution in [2.75, 3.05) is 5.32 Å². The van der Waals surface area contributed by atoms with Gasteiger partial charge in [0, 0.05) is 11.2 Å². The molecule has 3 N–H and O–H groups in total. The third-order valence-electron chi connectivity index (χ3n) is 2.74. The van der Waals surface area contributed by atoms with Crippen molar-refractivity contribution in [3.8, 4) is 0 Å². The van der Waals surface area contributed by atoms with Crippen molar-refractivity contribution in [2.24, 2.45) is 0 Å². The topological polar surface area (TPSA) is 78.4 Å². The molecule has 0 saturated carbocycles. The molecule has 20 heavy (non-hydrogen) atoms. The fraction of sp³-hybridized carbons (Fsp3) is 0.467. The number of carbonyl (C=O) groups excluding carboxylic acids is 1. The van der Waals surface area contributed by atoms with E-state index in [4.69, 9.17) is 5.11 Å². The number of anilines is 1. The van der Waals surface area contributed by atoms with Crippen molar-refractivity contribution in [2.45, 2.75) is 46.2 Å². The maximum absolute atomic E-state index is 12.0. The van der Waals surface area contributed by atoms with Crippen LogP contribution in [0.5, 0.6) is 0 Å². The second-order valence-corrected chi connectivity index (χ2v) is 5.94. The fourth-order valence-electron chi connectivity index (χ4n) is 1.74. The first-order valence-electron chi connectivity index (χ1n) is 6.52. The van der Waals surface area contributed by atoms with Crippen LogP contribution in [0.3, 0.4) is 0 Å². The van der Waals surface area contributed by atoms with Gasteiger partial charge in [0.1, 0.15) is 6.04 Å². The lowest BCUT2D eigenvalue weighted by Crippen LogP contribution is -2.47. The Morgan fingerprint density at radius 3 is 2.30 bits per heavy atom. The van der Waals surface area contributed by atoms with Gasteiger partial charge >= 0.3 is 5.97 Å². The van der Waals surface area contributed by atoms with Crippen LogP contribution >= 0.6 is 0 Å². The van der Waals surface area contributed by atoms with Crippen LogP contribution in [0, 0.1) is 6.92 Å². The Morgan fingerprint density at radius 1 is 1.25 bits per heavy atom. The van der Waals surface area contributed by atoms with Gasteiger partial charge in [0.15, 0.2) is 0 Å². The van der Waals surface area contributed by atoms with Crippen molar-refractivity contribution in [1.82, 2.24) is 5.32 Å². The van der Waals surface area contributed by atoms with E-state index >= 15 is 0 Å². The third-order valence-corrected chi connectivity index (χ3v) is 2.74. The summed E-state index contributed by atoms with van der Waals surface area (Å²) >= 11 is 0. The smallest absolute Gasteiger partial charge is 0.335 e. The molecule has 0 saturated heterocycles. The van der Waals surface area contributed by atoms with Gasteiger partial charge in [-0.15, -0.1) is 0 Å². The standard InChI is InChI=1S/C15H22N2O3/c1-9-8-11(14(19)20)6-7-12(9)16-10(2)13(18)17-15(3,4)5/h6-8,10,16H,1-5H3,(H,17,18)(H,19,20). The van der Waals surface area contributed by atoms with E-state index in [2.05, 4.69) is 10.6 Å². The molecule has 1 unspecified atom stereocenters. The molecule has 5 heteroatoms. The highest BCUT2D eigenvalue weighted by atomic mass is 16.4. The zero-order valence-corrected chi connectivity index (χ0v) is 12.6. The number of aryl methyl sites for hydroxylation is 1. The van der Waals surface area contributed by atoms with Crippen LogP contribution in [0.4, 0.5) is 5.69 Å². The van der Waals surface area contributed by atoms with Gasteiger partial charge in [-0.2, -0.15) is 0 Å². The molecule has 0 aliphatic carbocycles. The highest BCUT2D eigenvalue weighted by Gasteiger charge is 2.19. The van der Waals surface area contributed by atoms with Gasteiger partial charge in [-0.3, -0.25) is 4.79 Å². The number of hydrogen-bond donors (Lipinski definition) is 3. The normalized spacial score (nSPS) is 12.7. The molecule has 1 rings (SSSR count). The quantitative estimate of drug-likeness (QED) is 0.790. The highest BCUT2D eigenvalue weighted by Crippen LogP contribution is 2.17. The van der Waals surface area contributed by atoms with E-state index < -0.39 is 12.0 Å². The fourth-order valence-corrected chi connectivity index (χ4v) is 1.74. The van der Waals surface area contributed by atoms with Crippen LogP contribution in [-0.4, -0.2) is 28.6 Å². The summed E-state index contributed by atoms with van der Waals surface area (Å²) in [6.45, 7) is 9.34. The number of carbonyl (C=O) groups is 2. The molecule has 110 valence electrons. The number of amides is 1. The lowest BCUT2D eigenvalue weighted by Gasteiger charge is -2.24. The van der Waals surface area contributed by atoms with Gasteiger partial charge in [0.25, 0.3) is 0 Å². The van der Waals surface area contributed by atoms with E-state index in [1.165, 1.54) is 6.07 Å². The second kappa shape index (κ2) is 5.94. The Balaban J connectivity index is 2.78. The Bertz CT molecular complexity index is 518. The average molecular weight is 278 g/mol. The largest absolute Gasteiger partial charge is 0.478 e. The minimum absolute atomic E-state index is 0.0980. The maximum Gasteiger partial charge on any atom is 0.335 e. The van der Waals surface area contributed by atoms with Crippen LogP contribution in [0.1, 0.15) is 43.6 Å². The number of nitrogens with one attached hydrogen (secondary N) is 2. The summed E-state index contributed by atoms with van der Waals surface area (Å²) in [4.78, 5) is 22.8. The van der Waals surface area contributed by atoms with Gasteiger partial charge in [-0.05, 0) is 58.4 Å². The molecule has 0 bridgehead atoms. The first kappa shape index (κ1) is 16.0. The zero-order chi connectivity index (χ0) is 15.5. The Morgan fingerprint density at radius 2 is 1.85 bits per heavy atom. The summed E-state index contributed by atoms with van der Waals surface area (Å²) in [5.74, 6) is -1.06. The van der Waals surface area contributed by atoms with Crippen LogP contribution in [0.15, 0.2) is 18.2 Å². The number of rotatable bonds is 4. The number of carboxylic acid groups (broad SMARTS) is 1. The summed E-state index contributed by atoms with van der Waals surface area (Å²) in [6, 6.07) is 4.38.